The minimum absolute atomic E-state index is 0.0999. The Morgan fingerprint density at radius 2 is 2.18 bits per heavy atom. The number of hydrogen-bond donors (Lipinski definition) is 2. The van der Waals surface area contributed by atoms with Gasteiger partial charge in [0.05, 0.1) is 5.69 Å². The maximum Gasteiger partial charge on any atom is 0.352 e. The smallest absolute Gasteiger partial charge is 0.352 e. The average molecular weight is 235 g/mol. The number of nitrogens with one attached hydrogen (secondary N) is 1. The third-order valence-corrected chi connectivity index (χ3v) is 2.17. The summed E-state index contributed by atoms with van der Waals surface area (Å²) in [6.07, 6.45) is 0. The zero-order valence-corrected chi connectivity index (χ0v) is 8.81. The number of benzene rings is 1. The molecule has 1 aromatic carbocycles. The number of carboxylic acids is 1. The Labute approximate surface area is 96.7 Å². The van der Waals surface area contributed by atoms with Crippen LogP contribution in [0.15, 0.2) is 36.4 Å². The summed E-state index contributed by atoms with van der Waals surface area (Å²) in [5.74, 6) is -1.00. The first kappa shape index (κ1) is 11.2. The number of hydrogen-bond acceptors (Lipinski definition) is 2. The van der Waals surface area contributed by atoms with Crippen molar-refractivity contribution in [2.75, 3.05) is 0 Å². The molecule has 0 aliphatic carbocycles. The van der Waals surface area contributed by atoms with Gasteiger partial charge in [0.25, 0.3) is 0 Å². The monoisotopic (exact) mass is 235 g/mol. The number of carbonyl (C=O) groups is 1. The molecule has 0 amide bonds. The Balaban J connectivity index is 2.00. The molecule has 0 fully saturated rings. The molecule has 0 radical (unpaired) electrons. The van der Waals surface area contributed by atoms with Gasteiger partial charge in [0, 0.05) is 6.07 Å². The molecule has 2 N–H and O–H groups in total. The lowest BCUT2D eigenvalue weighted by Crippen LogP contribution is -1.99. The van der Waals surface area contributed by atoms with E-state index < -0.39 is 5.97 Å². The highest BCUT2D eigenvalue weighted by atomic mass is 19.1. The van der Waals surface area contributed by atoms with Crippen molar-refractivity contribution in [3.05, 3.63) is 53.6 Å². The minimum Gasteiger partial charge on any atom is -0.487 e. The fraction of sp³-hybridized carbons (Fsp3) is 0.0833. The van der Waals surface area contributed by atoms with Crippen LogP contribution in [0.5, 0.6) is 5.75 Å². The molecule has 0 bridgehead atoms. The molecule has 0 aliphatic heterocycles. The summed E-state index contributed by atoms with van der Waals surface area (Å²) in [6.45, 7) is 0.163. The van der Waals surface area contributed by atoms with Crippen LogP contribution in [0.3, 0.4) is 0 Å². The van der Waals surface area contributed by atoms with Crippen LogP contribution in [-0.2, 0) is 6.61 Å². The van der Waals surface area contributed by atoms with Gasteiger partial charge >= 0.3 is 5.97 Å². The molecule has 17 heavy (non-hydrogen) atoms. The fourth-order valence-corrected chi connectivity index (χ4v) is 1.37. The van der Waals surface area contributed by atoms with E-state index in [-0.39, 0.29) is 18.1 Å². The van der Waals surface area contributed by atoms with E-state index in [1.165, 1.54) is 18.2 Å². The van der Waals surface area contributed by atoms with Crippen LogP contribution in [-0.4, -0.2) is 16.1 Å². The first-order chi connectivity index (χ1) is 8.15. The van der Waals surface area contributed by atoms with Crippen molar-refractivity contribution in [2.45, 2.75) is 6.61 Å². The molecule has 0 atom stereocenters. The van der Waals surface area contributed by atoms with Gasteiger partial charge < -0.3 is 14.8 Å². The van der Waals surface area contributed by atoms with Crippen LogP contribution < -0.4 is 4.74 Å². The molecular formula is C12H10FNO3. The Kier molecular flexibility index (Phi) is 3.09. The summed E-state index contributed by atoms with van der Waals surface area (Å²) >= 11 is 0. The van der Waals surface area contributed by atoms with E-state index in [1.54, 1.807) is 18.2 Å². The Hall–Kier alpha value is -2.30. The van der Waals surface area contributed by atoms with Gasteiger partial charge in [-0.1, -0.05) is 6.07 Å². The molecule has 88 valence electrons. The molecule has 0 unspecified atom stereocenters. The van der Waals surface area contributed by atoms with Crippen molar-refractivity contribution < 1.29 is 19.0 Å². The molecule has 0 saturated heterocycles. The quantitative estimate of drug-likeness (QED) is 0.855. The highest BCUT2D eigenvalue weighted by molar-refractivity contribution is 5.85. The zero-order valence-electron chi connectivity index (χ0n) is 8.81. The van der Waals surface area contributed by atoms with Crippen LogP contribution in [0.4, 0.5) is 4.39 Å². The van der Waals surface area contributed by atoms with Crippen molar-refractivity contribution in [1.82, 2.24) is 4.98 Å². The second-order valence-electron chi connectivity index (χ2n) is 3.45. The zero-order chi connectivity index (χ0) is 12.3. The van der Waals surface area contributed by atoms with Gasteiger partial charge in [-0.25, -0.2) is 9.18 Å². The summed E-state index contributed by atoms with van der Waals surface area (Å²) < 4.78 is 18.1. The SMILES string of the molecule is O=C(O)c1ccc(COc2cccc(F)c2)[nH]1. The van der Waals surface area contributed by atoms with Gasteiger partial charge in [0.1, 0.15) is 23.9 Å². The van der Waals surface area contributed by atoms with E-state index in [9.17, 15) is 9.18 Å². The second-order valence-corrected chi connectivity index (χ2v) is 3.45. The van der Waals surface area contributed by atoms with Gasteiger partial charge in [-0.15, -0.1) is 0 Å². The standard InChI is InChI=1S/C12H10FNO3/c13-8-2-1-3-10(6-8)17-7-9-4-5-11(14-9)12(15)16/h1-6,14H,7H2,(H,15,16). The highest BCUT2D eigenvalue weighted by Gasteiger charge is 2.06. The number of ether oxygens (including phenoxy) is 1. The molecule has 2 aromatic rings. The Morgan fingerprint density at radius 1 is 1.35 bits per heavy atom. The molecule has 2 rings (SSSR count). The lowest BCUT2D eigenvalue weighted by Gasteiger charge is -2.04. The van der Waals surface area contributed by atoms with Crippen molar-refractivity contribution in [3.63, 3.8) is 0 Å². The topological polar surface area (TPSA) is 62.3 Å². The number of aromatic carboxylic acids is 1. The average Bonchev–Trinajstić information content (AvgIpc) is 2.75. The summed E-state index contributed by atoms with van der Waals surface area (Å²) in [4.78, 5) is 13.3. The lowest BCUT2D eigenvalue weighted by molar-refractivity contribution is 0.0691. The summed E-state index contributed by atoms with van der Waals surface area (Å²) in [7, 11) is 0. The van der Waals surface area contributed by atoms with Crippen molar-refractivity contribution in [3.8, 4) is 5.75 Å². The maximum atomic E-state index is 12.8. The number of halogens is 1. The van der Waals surface area contributed by atoms with Gasteiger partial charge in [-0.3, -0.25) is 0 Å². The molecule has 5 heteroatoms. The van der Waals surface area contributed by atoms with Gasteiger partial charge in [0.2, 0.25) is 0 Å². The number of rotatable bonds is 4. The van der Waals surface area contributed by atoms with E-state index in [4.69, 9.17) is 9.84 Å². The predicted molar refractivity (Wildman–Crippen MR) is 58.5 cm³/mol. The van der Waals surface area contributed by atoms with Crippen molar-refractivity contribution in [2.24, 2.45) is 0 Å². The van der Waals surface area contributed by atoms with Crippen molar-refractivity contribution in [1.29, 1.82) is 0 Å². The normalized spacial score (nSPS) is 10.2. The molecule has 0 saturated carbocycles. The van der Waals surface area contributed by atoms with E-state index in [2.05, 4.69) is 4.98 Å². The number of aromatic nitrogens is 1. The molecule has 1 heterocycles. The van der Waals surface area contributed by atoms with Gasteiger partial charge in [-0.05, 0) is 24.3 Å². The number of carboxylic acid groups (broad SMARTS) is 1. The van der Waals surface area contributed by atoms with Crippen LogP contribution >= 0.6 is 0 Å². The molecule has 0 aliphatic rings. The van der Waals surface area contributed by atoms with Crippen LogP contribution in [0.25, 0.3) is 0 Å². The van der Waals surface area contributed by atoms with E-state index >= 15 is 0 Å². The summed E-state index contributed by atoms with van der Waals surface area (Å²) in [5.41, 5.74) is 0.717. The third-order valence-electron chi connectivity index (χ3n) is 2.17. The maximum absolute atomic E-state index is 12.8. The number of aromatic amines is 1. The van der Waals surface area contributed by atoms with E-state index in [1.807, 2.05) is 0 Å². The Morgan fingerprint density at radius 3 is 2.82 bits per heavy atom. The largest absolute Gasteiger partial charge is 0.487 e. The second kappa shape index (κ2) is 4.69. The highest BCUT2D eigenvalue weighted by Crippen LogP contribution is 2.14. The minimum atomic E-state index is -1.03. The van der Waals surface area contributed by atoms with E-state index in [0.29, 0.717) is 11.4 Å². The lowest BCUT2D eigenvalue weighted by atomic mass is 10.3. The van der Waals surface area contributed by atoms with E-state index in [0.717, 1.165) is 0 Å². The first-order valence-corrected chi connectivity index (χ1v) is 4.95. The van der Waals surface area contributed by atoms with Crippen LogP contribution in [0, 0.1) is 5.82 Å². The van der Waals surface area contributed by atoms with Crippen molar-refractivity contribution >= 4 is 5.97 Å². The van der Waals surface area contributed by atoms with Gasteiger partial charge in [-0.2, -0.15) is 0 Å². The third kappa shape index (κ3) is 2.84. The Bertz CT molecular complexity index is 536. The molecule has 0 spiro atoms. The fourth-order valence-electron chi connectivity index (χ4n) is 1.37. The molecule has 4 nitrogen and oxygen atoms in total. The van der Waals surface area contributed by atoms with Crippen LogP contribution in [0.1, 0.15) is 16.2 Å². The predicted octanol–water partition coefficient (Wildman–Crippen LogP) is 2.43. The summed E-state index contributed by atoms with van der Waals surface area (Å²) in [6, 6.07) is 8.83. The number of H-pyrrole nitrogens is 1. The van der Waals surface area contributed by atoms with Gasteiger partial charge in [0.15, 0.2) is 0 Å². The van der Waals surface area contributed by atoms with Crippen LogP contribution in [0.2, 0.25) is 0 Å². The molecule has 1 aromatic heterocycles. The molecular weight excluding hydrogens is 225 g/mol. The first-order valence-electron chi connectivity index (χ1n) is 4.95. The summed E-state index contributed by atoms with van der Waals surface area (Å²) in [5, 5.41) is 8.70.